The van der Waals surface area contributed by atoms with Crippen LogP contribution in [0.25, 0.3) is 0 Å². The number of anilines is 2. The van der Waals surface area contributed by atoms with E-state index < -0.39 is 0 Å². The predicted molar refractivity (Wildman–Crippen MR) is 78.9 cm³/mol. The molecule has 20 heavy (non-hydrogen) atoms. The highest BCUT2D eigenvalue weighted by molar-refractivity contribution is 5.76. The number of nitro benzene ring substituents is 1. The standard InChI is InChI=1S/C14H20N4O2/c1-16-7-5-14(6-8-16)9-17(10-14)12-4-2-3-11(15)13(12)18(19)20/h2-4H,5-10,15H2,1H3. The summed E-state index contributed by atoms with van der Waals surface area (Å²) in [5.41, 5.74) is 7.07. The molecule has 2 heterocycles. The van der Waals surface area contributed by atoms with Crippen molar-refractivity contribution in [2.45, 2.75) is 12.8 Å². The number of nitrogen functional groups attached to an aromatic ring is 1. The average Bonchev–Trinajstić information content (AvgIpc) is 2.36. The van der Waals surface area contributed by atoms with Crippen molar-refractivity contribution >= 4 is 17.1 Å². The van der Waals surface area contributed by atoms with Gasteiger partial charge in [0, 0.05) is 18.5 Å². The molecule has 0 saturated carbocycles. The Morgan fingerprint density at radius 1 is 1.30 bits per heavy atom. The van der Waals surface area contributed by atoms with E-state index >= 15 is 0 Å². The summed E-state index contributed by atoms with van der Waals surface area (Å²) in [6, 6.07) is 5.18. The van der Waals surface area contributed by atoms with Gasteiger partial charge < -0.3 is 15.5 Å². The third kappa shape index (κ3) is 2.10. The predicted octanol–water partition coefficient (Wildman–Crippen LogP) is 1.71. The minimum Gasteiger partial charge on any atom is -0.393 e. The molecule has 2 saturated heterocycles. The van der Waals surface area contributed by atoms with E-state index in [2.05, 4.69) is 16.8 Å². The number of nitrogens with two attached hydrogens (primary N) is 1. The summed E-state index contributed by atoms with van der Waals surface area (Å²) in [4.78, 5) is 15.3. The van der Waals surface area contributed by atoms with Crippen molar-refractivity contribution in [2.75, 3.05) is 43.9 Å². The van der Waals surface area contributed by atoms with E-state index in [4.69, 9.17) is 5.73 Å². The zero-order valence-electron chi connectivity index (χ0n) is 11.7. The first-order valence-electron chi connectivity index (χ1n) is 6.97. The Bertz CT molecular complexity index is 530. The molecule has 0 radical (unpaired) electrons. The molecule has 2 N–H and O–H groups in total. The topological polar surface area (TPSA) is 75.6 Å². The molecule has 2 fully saturated rings. The number of hydrogen-bond acceptors (Lipinski definition) is 5. The maximum atomic E-state index is 11.2. The number of nitro groups is 1. The third-order valence-corrected chi connectivity index (χ3v) is 4.67. The Morgan fingerprint density at radius 3 is 2.55 bits per heavy atom. The fraction of sp³-hybridized carbons (Fsp3) is 0.571. The number of nitrogens with zero attached hydrogens (tertiary/aromatic N) is 3. The zero-order valence-corrected chi connectivity index (χ0v) is 11.7. The van der Waals surface area contributed by atoms with E-state index in [9.17, 15) is 10.1 Å². The van der Waals surface area contributed by atoms with E-state index in [1.807, 2.05) is 0 Å². The Hall–Kier alpha value is -1.82. The summed E-state index contributed by atoms with van der Waals surface area (Å²) in [6.07, 6.45) is 2.35. The van der Waals surface area contributed by atoms with Crippen LogP contribution in [0.2, 0.25) is 0 Å². The van der Waals surface area contributed by atoms with Crippen LogP contribution in [0.3, 0.4) is 0 Å². The van der Waals surface area contributed by atoms with Gasteiger partial charge in [-0.2, -0.15) is 0 Å². The van der Waals surface area contributed by atoms with E-state index in [1.54, 1.807) is 18.2 Å². The van der Waals surface area contributed by atoms with Crippen molar-refractivity contribution in [2.24, 2.45) is 5.41 Å². The minimum absolute atomic E-state index is 0.0512. The number of hydrogen-bond donors (Lipinski definition) is 1. The lowest BCUT2D eigenvalue weighted by Crippen LogP contribution is -2.60. The summed E-state index contributed by atoms with van der Waals surface area (Å²) in [6.45, 7) is 4.05. The van der Waals surface area contributed by atoms with Crippen LogP contribution in [0.15, 0.2) is 18.2 Å². The quantitative estimate of drug-likeness (QED) is 0.505. The van der Waals surface area contributed by atoms with Gasteiger partial charge in [-0.15, -0.1) is 0 Å². The molecule has 3 rings (SSSR count). The summed E-state index contributed by atoms with van der Waals surface area (Å²) >= 11 is 0. The molecular formula is C14H20N4O2. The molecule has 1 aromatic rings. The summed E-state index contributed by atoms with van der Waals surface area (Å²) in [5, 5.41) is 11.2. The summed E-state index contributed by atoms with van der Waals surface area (Å²) in [7, 11) is 2.14. The van der Waals surface area contributed by atoms with Crippen LogP contribution in [0.4, 0.5) is 17.1 Å². The van der Waals surface area contributed by atoms with Crippen LogP contribution < -0.4 is 10.6 Å². The normalized spacial score (nSPS) is 21.8. The molecule has 0 bridgehead atoms. The van der Waals surface area contributed by atoms with Crippen molar-refractivity contribution in [3.63, 3.8) is 0 Å². The van der Waals surface area contributed by atoms with Gasteiger partial charge >= 0.3 is 5.69 Å². The largest absolute Gasteiger partial charge is 0.393 e. The van der Waals surface area contributed by atoms with E-state index in [1.165, 1.54) is 12.8 Å². The average molecular weight is 276 g/mol. The Labute approximate surface area is 118 Å². The number of likely N-dealkylation sites (tertiary alicyclic amines) is 1. The van der Waals surface area contributed by atoms with Crippen LogP contribution >= 0.6 is 0 Å². The first kappa shape index (κ1) is 13.2. The first-order chi connectivity index (χ1) is 9.51. The molecule has 1 aromatic carbocycles. The number of rotatable bonds is 2. The van der Waals surface area contributed by atoms with Gasteiger partial charge in [-0.05, 0) is 45.1 Å². The maximum Gasteiger partial charge on any atom is 0.315 e. The molecule has 0 amide bonds. The van der Waals surface area contributed by atoms with Crippen molar-refractivity contribution in [3.8, 4) is 0 Å². The summed E-state index contributed by atoms with van der Waals surface area (Å²) < 4.78 is 0. The van der Waals surface area contributed by atoms with Gasteiger partial charge in [0.25, 0.3) is 0 Å². The van der Waals surface area contributed by atoms with Gasteiger partial charge in [-0.1, -0.05) is 6.07 Å². The highest BCUT2D eigenvalue weighted by Gasteiger charge is 2.46. The van der Waals surface area contributed by atoms with Crippen LogP contribution in [0, 0.1) is 15.5 Å². The molecule has 6 nitrogen and oxygen atoms in total. The molecular weight excluding hydrogens is 256 g/mol. The lowest BCUT2D eigenvalue weighted by Gasteiger charge is -2.54. The van der Waals surface area contributed by atoms with Crippen LogP contribution in [-0.4, -0.2) is 43.0 Å². The van der Waals surface area contributed by atoms with Gasteiger partial charge in [-0.3, -0.25) is 10.1 Å². The molecule has 1 spiro atoms. The highest BCUT2D eigenvalue weighted by Crippen LogP contribution is 2.45. The molecule has 2 aliphatic heterocycles. The van der Waals surface area contributed by atoms with Crippen molar-refractivity contribution in [3.05, 3.63) is 28.3 Å². The first-order valence-corrected chi connectivity index (χ1v) is 6.97. The molecule has 0 aliphatic carbocycles. The Balaban J connectivity index is 1.77. The monoisotopic (exact) mass is 276 g/mol. The lowest BCUT2D eigenvalue weighted by atomic mass is 9.72. The second-order valence-electron chi connectivity index (χ2n) is 6.13. The molecule has 2 aliphatic rings. The molecule has 0 atom stereocenters. The van der Waals surface area contributed by atoms with E-state index in [-0.39, 0.29) is 16.3 Å². The Kier molecular flexibility index (Phi) is 3.05. The minimum atomic E-state index is -0.371. The summed E-state index contributed by atoms with van der Waals surface area (Å²) in [5.74, 6) is 0. The smallest absolute Gasteiger partial charge is 0.315 e. The van der Waals surface area contributed by atoms with Crippen molar-refractivity contribution < 1.29 is 4.92 Å². The van der Waals surface area contributed by atoms with E-state index in [0.29, 0.717) is 11.1 Å². The van der Waals surface area contributed by atoms with Gasteiger partial charge in [-0.25, -0.2) is 0 Å². The zero-order chi connectivity index (χ0) is 14.3. The molecule has 6 heteroatoms. The molecule has 108 valence electrons. The fourth-order valence-corrected chi connectivity index (χ4v) is 3.35. The van der Waals surface area contributed by atoms with Gasteiger partial charge in [0.05, 0.1) is 4.92 Å². The number of piperidine rings is 1. The second-order valence-corrected chi connectivity index (χ2v) is 6.13. The maximum absolute atomic E-state index is 11.2. The van der Waals surface area contributed by atoms with Crippen molar-refractivity contribution in [1.29, 1.82) is 0 Å². The fourth-order valence-electron chi connectivity index (χ4n) is 3.35. The lowest BCUT2D eigenvalue weighted by molar-refractivity contribution is -0.383. The second kappa shape index (κ2) is 4.63. The van der Waals surface area contributed by atoms with Gasteiger partial charge in [0.1, 0.15) is 11.4 Å². The highest BCUT2D eigenvalue weighted by atomic mass is 16.6. The van der Waals surface area contributed by atoms with Gasteiger partial charge in [0.15, 0.2) is 0 Å². The third-order valence-electron chi connectivity index (χ3n) is 4.67. The number of para-hydroxylation sites is 1. The van der Waals surface area contributed by atoms with Crippen molar-refractivity contribution in [1.82, 2.24) is 4.90 Å². The molecule has 0 unspecified atom stereocenters. The van der Waals surface area contributed by atoms with E-state index in [0.717, 1.165) is 26.2 Å². The van der Waals surface area contributed by atoms with Crippen LogP contribution in [-0.2, 0) is 0 Å². The SMILES string of the molecule is CN1CCC2(CC1)CN(c1cccc(N)c1[N+](=O)[O-])C2. The van der Waals surface area contributed by atoms with Gasteiger partial charge in [0.2, 0.25) is 0 Å². The van der Waals surface area contributed by atoms with Crippen LogP contribution in [0.5, 0.6) is 0 Å². The Morgan fingerprint density at radius 2 is 1.95 bits per heavy atom. The van der Waals surface area contributed by atoms with Crippen LogP contribution in [0.1, 0.15) is 12.8 Å². The molecule has 0 aromatic heterocycles. The number of benzene rings is 1.